The van der Waals surface area contributed by atoms with Crippen LogP contribution in [-0.4, -0.2) is 61.4 Å². The average molecular weight is 473 g/mol. The summed E-state index contributed by atoms with van der Waals surface area (Å²) < 4.78 is 7.92. The Kier molecular flexibility index (Phi) is 5.56. The van der Waals surface area contributed by atoms with E-state index in [0.717, 1.165) is 11.1 Å². The second-order valence-corrected chi connectivity index (χ2v) is 8.43. The molecule has 1 fully saturated rings. The van der Waals surface area contributed by atoms with E-state index in [0.29, 0.717) is 41.1 Å². The summed E-state index contributed by atoms with van der Waals surface area (Å²) in [6.45, 7) is 2.50. The molecule has 10 heteroatoms. The summed E-state index contributed by atoms with van der Waals surface area (Å²) in [6, 6.07) is 12.2. The maximum absolute atomic E-state index is 13.5. The number of aromatic nitrogens is 4. The Balaban J connectivity index is 1.54. The van der Waals surface area contributed by atoms with Gasteiger partial charge in [-0.3, -0.25) is 14.1 Å². The van der Waals surface area contributed by atoms with E-state index < -0.39 is 12.1 Å². The van der Waals surface area contributed by atoms with Gasteiger partial charge in [-0.25, -0.2) is 19.4 Å². The third-order valence-corrected chi connectivity index (χ3v) is 6.36. The van der Waals surface area contributed by atoms with Crippen LogP contribution in [-0.2, 0) is 4.74 Å². The van der Waals surface area contributed by atoms with Crippen molar-refractivity contribution >= 4 is 23.2 Å². The van der Waals surface area contributed by atoms with Gasteiger partial charge in [0.15, 0.2) is 5.65 Å². The van der Waals surface area contributed by atoms with Gasteiger partial charge in [0.2, 0.25) is 0 Å². The number of carbonyl (C=O) groups excluding carboxylic acids is 1. The molecule has 1 amide bonds. The fraction of sp³-hybridized carbons (Fsp3) is 0.240. The lowest BCUT2D eigenvalue weighted by Gasteiger charge is -2.13. The third kappa shape index (κ3) is 3.82. The van der Waals surface area contributed by atoms with Gasteiger partial charge in [-0.05, 0) is 55.3 Å². The molecular weight excluding hydrogens is 450 g/mol. The molecule has 4 aromatic rings. The van der Waals surface area contributed by atoms with Crippen LogP contribution in [0.2, 0.25) is 0 Å². The van der Waals surface area contributed by atoms with Crippen molar-refractivity contribution < 1.29 is 19.4 Å². The van der Waals surface area contributed by atoms with Crippen molar-refractivity contribution in [2.45, 2.75) is 19.4 Å². The smallest absolute Gasteiger partial charge is 0.407 e. The van der Waals surface area contributed by atoms with E-state index in [1.54, 1.807) is 39.7 Å². The number of likely N-dealkylation sites (tertiary alicyclic amines) is 1. The molecule has 4 heterocycles. The maximum Gasteiger partial charge on any atom is 0.407 e. The van der Waals surface area contributed by atoms with Crippen LogP contribution in [0.1, 0.15) is 28.4 Å². The van der Waals surface area contributed by atoms with Gasteiger partial charge < -0.3 is 14.7 Å². The first-order chi connectivity index (χ1) is 16.9. The molecule has 0 aliphatic carbocycles. The lowest BCUT2D eigenvalue weighted by atomic mass is 10.0. The number of hydrogen-bond acceptors (Lipinski definition) is 6. The quantitative estimate of drug-likeness (QED) is 0.452. The number of fused-ring (bicyclic) bond motifs is 1. The Morgan fingerprint density at radius 3 is 2.63 bits per heavy atom. The Bertz CT molecular complexity index is 1510. The van der Waals surface area contributed by atoms with Gasteiger partial charge in [0, 0.05) is 24.8 Å². The highest BCUT2D eigenvalue weighted by atomic mass is 16.5. The minimum absolute atomic E-state index is 0.239. The first kappa shape index (κ1) is 22.3. The summed E-state index contributed by atoms with van der Waals surface area (Å²) in [4.78, 5) is 47.0. The number of benzene rings is 1. The van der Waals surface area contributed by atoms with Crippen LogP contribution in [0.15, 0.2) is 59.7 Å². The zero-order chi connectivity index (χ0) is 24.7. The summed E-state index contributed by atoms with van der Waals surface area (Å²) >= 11 is 0. The van der Waals surface area contributed by atoms with Crippen LogP contribution in [0.25, 0.3) is 28.1 Å². The molecule has 10 nitrogen and oxygen atoms in total. The Morgan fingerprint density at radius 1 is 1.14 bits per heavy atom. The molecule has 1 aliphatic rings. The molecule has 0 bridgehead atoms. The number of carboxylic acid groups (broad SMARTS) is 1. The number of amides is 1. The predicted octanol–water partition coefficient (Wildman–Crippen LogP) is 3.27. The number of esters is 1. The van der Waals surface area contributed by atoms with Crippen LogP contribution in [0.3, 0.4) is 0 Å². The summed E-state index contributed by atoms with van der Waals surface area (Å²) in [5.41, 5.74) is 4.32. The SMILES string of the molecule is COC(=O)c1ccc(-c2ccc(-n3c(=O)n(C4CCN(C(=O)O)C4)c4ncccc43)cn2)c(C)c1. The largest absolute Gasteiger partial charge is 0.465 e. The van der Waals surface area contributed by atoms with Crippen molar-refractivity contribution in [2.75, 3.05) is 20.2 Å². The summed E-state index contributed by atoms with van der Waals surface area (Å²) in [5.74, 6) is -0.402. The Labute approximate surface area is 200 Å². The van der Waals surface area contributed by atoms with E-state index in [-0.39, 0.29) is 18.3 Å². The number of pyridine rings is 2. The fourth-order valence-corrected chi connectivity index (χ4v) is 4.63. The normalized spacial score (nSPS) is 15.5. The standard InChI is InChI=1S/C25H23N5O5/c1-15-12-16(23(31)35-2)5-7-19(15)20-8-6-17(13-27-20)29-21-4-3-10-26-22(21)30(24(29)32)18-9-11-28(14-18)25(33)34/h3-8,10,12-13,18H,9,11,14H2,1-2H3,(H,33,34). The molecule has 1 aliphatic heterocycles. The molecule has 0 spiro atoms. The molecule has 1 unspecified atom stereocenters. The molecule has 1 saturated heterocycles. The molecular formula is C25H23N5O5. The number of carbonyl (C=O) groups is 2. The van der Waals surface area contributed by atoms with Crippen LogP contribution in [0.5, 0.6) is 0 Å². The minimum atomic E-state index is -0.994. The highest BCUT2D eigenvalue weighted by Crippen LogP contribution is 2.27. The number of ether oxygens (including phenoxy) is 1. The van der Waals surface area contributed by atoms with Crippen LogP contribution < -0.4 is 5.69 Å². The van der Waals surface area contributed by atoms with E-state index in [1.165, 1.54) is 12.0 Å². The van der Waals surface area contributed by atoms with Gasteiger partial charge in [-0.2, -0.15) is 0 Å². The maximum atomic E-state index is 13.5. The Hall–Kier alpha value is -4.47. The second kappa shape index (κ2) is 8.71. The molecule has 1 N–H and O–H groups in total. The Morgan fingerprint density at radius 2 is 1.97 bits per heavy atom. The molecule has 0 radical (unpaired) electrons. The number of imidazole rings is 1. The minimum Gasteiger partial charge on any atom is -0.465 e. The molecule has 1 atom stereocenters. The van der Waals surface area contributed by atoms with Gasteiger partial charge >= 0.3 is 17.8 Å². The topological polar surface area (TPSA) is 120 Å². The van der Waals surface area contributed by atoms with E-state index in [4.69, 9.17) is 4.74 Å². The van der Waals surface area contributed by atoms with Crippen molar-refractivity contribution in [3.8, 4) is 16.9 Å². The van der Waals surface area contributed by atoms with Gasteiger partial charge in [0.25, 0.3) is 0 Å². The van der Waals surface area contributed by atoms with E-state index in [2.05, 4.69) is 9.97 Å². The molecule has 3 aromatic heterocycles. The zero-order valence-corrected chi connectivity index (χ0v) is 19.2. The molecule has 35 heavy (non-hydrogen) atoms. The third-order valence-electron chi connectivity index (χ3n) is 6.36. The van der Waals surface area contributed by atoms with Crippen LogP contribution in [0.4, 0.5) is 4.79 Å². The lowest BCUT2D eigenvalue weighted by molar-refractivity contribution is 0.0600. The highest BCUT2D eigenvalue weighted by molar-refractivity contribution is 5.90. The molecule has 178 valence electrons. The monoisotopic (exact) mass is 473 g/mol. The predicted molar refractivity (Wildman–Crippen MR) is 128 cm³/mol. The van der Waals surface area contributed by atoms with Crippen LogP contribution in [0, 0.1) is 6.92 Å². The number of nitrogens with zero attached hydrogens (tertiary/aromatic N) is 5. The molecule has 5 rings (SSSR count). The number of hydrogen-bond donors (Lipinski definition) is 1. The molecule has 0 saturated carbocycles. The number of rotatable bonds is 4. The van der Waals surface area contributed by atoms with Crippen molar-refractivity contribution in [1.82, 2.24) is 24.0 Å². The van der Waals surface area contributed by atoms with Crippen molar-refractivity contribution in [3.63, 3.8) is 0 Å². The van der Waals surface area contributed by atoms with Gasteiger partial charge in [0.05, 0.1) is 41.8 Å². The summed E-state index contributed by atoms with van der Waals surface area (Å²) in [7, 11) is 1.34. The van der Waals surface area contributed by atoms with E-state index in [1.807, 2.05) is 31.2 Å². The average Bonchev–Trinajstić information content (AvgIpc) is 3.46. The molecule has 1 aromatic carbocycles. The van der Waals surface area contributed by atoms with Gasteiger partial charge in [-0.1, -0.05) is 6.07 Å². The van der Waals surface area contributed by atoms with Gasteiger partial charge in [-0.15, -0.1) is 0 Å². The van der Waals surface area contributed by atoms with Gasteiger partial charge in [0.1, 0.15) is 0 Å². The van der Waals surface area contributed by atoms with Crippen LogP contribution >= 0.6 is 0 Å². The first-order valence-electron chi connectivity index (χ1n) is 11.1. The number of methoxy groups -OCH3 is 1. The lowest BCUT2D eigenvalue weighted by Crippen LogP contribution is -2.31. The van der Waals surface area contributed by atoms with Crippen molar-refractivity contribution in [2.24, 2.45) is 0 Å². The highest BCUT2D eigenvalue weighted by Gasteiger charge is 2.31. The van der Waals surface area contributed by atoms with E-state index >= 15 is 0 Å². The van der Waals surface area contributed by atoms with Crippen molar-refractivity contribution in [1.29, 1.82) is 0 Å². The van der Waals surface area contributed by atoms with E-state index in [9.17, 15) is 19.5 Å². The van der Waals surface area contributed by atoms with Crippen molar-refractivity contribution in [3.05, 3.63) is 76.5 Å². The zero-order valence-electron chi connectivity index (χ0n) is 19.2. The first-order valence-corrected chi connectivity index (χ1v) is 11.1. The summed E-state index contributed by atoms with van der Waals surface area (Å²) in [6.07, 6.45) is 2.79. The summed E-state index contributed by atoms with van der Waals surface area (Å²) in [5, 5.41) is 9.32. The number of aryl methyl sites for hydroxylation is 1. The second-order valence-electron chi connectivity index (χ2n) is 8.43. The fourth-order valence-electron chi connectivity index (χ4n) is 4.63.